The summed E-state index contributed by atoms with van der Waals surface area (Å²) in [6, 6.07) is -3.28. The smallest absolute Gasteiger partial charge is 0.394 e. The Morgan fingerprint density at radius 1 is 1.18 bits per heavy atom. The summed E-state index contributed by atoms with van der Waals surface area (Å²) in [5, 5.41) is 54.2. The highest BCUT2D eigenvalue weighted by Gasteiger charge is 2.50. The van der Waals surface area contributed by atoms with Crippen molar-refractivity contribution >= 4 is 28.5 Å². The van der Waals surface area contributed by atoms with Gasteiger partial charge in [0.2, 0.25) is 11.8 Å². The van der Waals surface area contributed by atoms with Gasteiger partial charge in [0.05, 0.1) is 13.2 Å². The molecule has 1 fully saturated rings. The molecule has 0 radical (unpaired) electrons. The molecule has 0 aliphatic carbocycles. The summed E-state index contributed by atoms with van der Waals surface area (Å²) < 4.78 is 46.2. The van der Waals surface area contributed by atoms with Crippen molar-refractivity contribution in [1.29, 1.82) is 0 Å². The first-order chi connectivity index (χ1) is 15.2. The van der Waals surface area contributed by atoms with Crippen molar-refractivity contribution in [2.24, 2.45) is 0 Å². The first-order valence-electron chi connectivity index (χ1n) is 9.47. The number of carbonyl (C=O) groups excluding carboxylic acids is 3. The van der Waals surface area contributed by atoms with Gasteiger partial charge in [-0.25, -0.2) is 4.18 Å². The molecule has 0 aromatic carbocycles. The molecule has 1 saturated heterocycles. The minimum atomic E-state index is -5.15. The standard InChI is InChI=1S/C16H28N2O14S/c1-6(22)17-8(3-19)12(25)14(9(24)4-20)31-16-11(18-7(2)23)13(26)15(10(5-21)30-16)32-33(27,28)29/h3,8-16,20-21,24-26H,4-5H2,1-2H3,(H,17,22)(H,18,23)(H,27,28,29)/t8-,9+,10+,11+,12+,13+,14+,15-,16-/m0/s1. The average Bonchev–Trinajstić information content (AvgIpc) is 2.71. The predicted octanol–water partition coefficient (Wildman–Crippen LogP) is -5.44. The quantitative estimate of drug-likeness (QED) is 0.0911. The second kappa shape index (κ2) is 12.6. The molecule has 1 rings (SSSR count). The summed E-state index contributed by atoms with van der Waals surface area (Å²) in [4.78, 5) is 34.2. The maximum Gasteiger partial charge on any atom is 0.397 e. The second-order valence-corrected chi connectivity index (χ2v) is 8.18. The van der Waals surface area contributed by atoms with E-state index in [9.17, 15) is 48.3 Å². The lowest BCUT2D eigenvalue weighted by atomic mass is 9.96. The highest BCUT2D eigenvalue weighted by molar-refractivity contribution is 7.80. The van der Waals surface area contributed by atoms with Crippen molar-refractivity contribution in [2.75, 3.05) is 13.2 Å². The molecule has 16 nitrogen and oxygen atoms in total. The van der Waals surface area contributed by atoms with Crippen molar-refractivity contribution in [3.63, 3.8) is 0 Å². The summed E-state index contributed by atoms with van der Waals surface area (Å²) in [6.45, 7) is 0.0543. The minimum absolute atomic E-state index is 0.126. The molecule has 1 aliphatic heterocycles. The summed E-state index contributed by atoms with van der Waals surface area (Å²) in [7, 11) is -5.15. The molecule has 9 atom stereocenters. The Morgan fingerprint density at radius 3 is 2.21 bits per heavy atom. The fourth-order valence-electron chi connectivity index (χ4n) is 3.13. The van der Waals surface area contributed by atoms with Crippen LogP contribution in [0.2, 0.25) is 0 Å². The fourth-order valence-corrected chi connectivity index (χ4v) is 3.65. The SMILES string of the molecule is CC(=O)N[C@H]1[C@H](O[C@@H]([C@H](O)[C@H](C=O)NC(C)=O)[C@H](O)CO)O[C@H](CO)[C@H](OS(=O)(=O)O)[C@@H]1O. The van der Waals surface area contributed by atoms with Crippen LogP contribution in [0.15, 0.2) is 0 Å². The van der Waals surface area contributed by atoms with E-state index in [1.165, 1.54) is 0 Å². The molecule has 0 unspecified atom stereocenters. The summed E-state index contributed by atoms with van der Waals surface area (Å²) in [5.74, 6) is -1.51. The molecule has 2 amide bonds. The third-order valence-electron chi connectivity index (χ3n) is 4.53. The number of hydrogen-bond donors (Lipinski definition) is 8. The number of nitrogens with one attached hydrogen (secondary N) is 2. The summed E-state index contributed by atoms with van der Waals surface area (Å²) in [5.41, 5.74) is 0. The van der Waals surface area contributed by atoms with Crippen LogP contribution in [-0.4, -0.2) is 125 Å². The fraction of sp³-hybridized carbons (Fsp3) is 0.812. The van der Waals surface area contributed by atoms with Gasteiger partial charge in [-0.05, 0) is 0 Å². The Labute approximate surface area is 188 Å². The lowest BCUT2D eigenvalue weighted by molar-refractivity contribution is -0.296. The molecule has 17 heteroatoms. The van der Waals surface area contributed by atoms with Gasteiger partial charge in [0.1, 0.15) is 55.0 Å². The zero-order chi connectivity index (χ0) is 25.5. The Balaban J connectivity index is 3.30. The molecule has 192 valence electrons. The van der Waals surface area contributed by atoms with E-state index in [0.29, 0.717) is 0 Å². The van der Waals surface area contributed by atoms with Gasteiger partial charge >= 0.3 is 10.4 Å². The Kier molecular flexibility index (Phi) is 11.2. The van der Waals surface area contributed by atoms with Gasteiger partial charge in [0.15, 0.2) is 6.29 Å². The van der Waals surface area contributed by atoms with Crippen LogP contribution in [-0.2, 0) is 38.4 Å². The van der Waals surface area contributed by atoms with E-state index in [1.807, 2.05) is 0 Å². The van der Waals surface area contributed by atoms with Crippen LogP contribution in [0.3, 0.4) is 0 Å². The first-order valence-corrected chi connectivity index (χ1v) is 10.8. The van der Waals surface area contributed by atoms with Gasteiger partial charge in [0, 0.05) is 13.8 Å². The van der Waals surface area contributed by atoms with E-state index in [4.69, 9.17) is 14.0 Å². The zero-order valence-electron chi connectivity index (χ0n) is 17.5. The molecule has 0 spiro atoms. The molecule has 1 heterocycles. The summed E-state index contributed by atoms with van der Waals surface area (Å²) >= 11 is 0. The number of amides is 2. The van der Waals surface area contributed by atoms with E-state index in [1.54, 1.807) is 0 Å². The van der Waals surface area contributed by atoms with Crippen LogP contribution in [0, 0.1) is 0 Å². The van der Waals surface area contributed by atoms with Crippen LogP contribution in [0.4, 0.5) is 0 Å². The molecule has 0 bridgehead atoms. The maximum absolute atomic E-state index is 11.6. The number of hydrogen-bond acceptors (Lipinski definition) is 13. The van der Waals surface area contributed by atoms with Gasteiger partial charge in [-0.15, -0.1) is 0 Å². The molecular formula is C16H28N2O14S. The predicted molar refractivity (Wildman–Crippen MR) is 103 cm³/mol. The molecule has 1 aliphatic rings. The highest BCUT2D eigenvalue weighted by atomic mass is 32.3. The van der Waals surface area contributed by atoms with Crippen molar-refractivity contribution in [3.05, 3.63) is 0 Å². The number of aliphatic hydroxyl groups excluding tert-OH is 5. The number of aliphatic hydroxyl groups is 5. The minimum Gasteiger partial charge on any atom is -0.394 e. The van der Waals surface area contributed by atoms with Crippen LogP contribution >= 0.6 is 0 Å². The van der Waals surface area contributed by atoms with Gasteiger partial charge in [0.25, 0.3) is 0 Å². The molecular weight excluding hydrogens is 476 g/mol. The third kappa shape index (κ3) is 8.49. The van der Waals surface area contributed by atoms with Gasteiger partial charge in [-0.3, -0.25) is 14.1 Å². The normalized spacial score (nSPS) is 29.4. The van der Waals surface area contributed by atoms with Crippen molar-refractivity contribution < 1.29 is 66.5 Å². The molecule has 0 aromatic heterocycles. The van der Waals surface area contributed by atoms with Crippen molar-refractivity contribution in [2.45, 2.75) is 68.8 Å². The van der Waals surface area contributed by atoms with Gasteiger partial charge in [-0.1, -0.05) is 0 Å². The maximum atomic E-state index is 11.6. The van der Waals surface area contributed by atoms with Gasteiger partial charge < -0.3 is 50.4 Å². The van der Waals surface area contributed by atoms with Crippen LogP contribution in [0.1, 0.15) is 13.8 Å². The highest BCUT2D eigenvalue weighted by Crippen LogP contribution is 2.27. The topological polar surface area (TPSA) is 258 Å². The lowest BCUT2D eigenvalue weighted by Gasteiger charge is -2.45. The Bertz CT molecular complexity index is 779. The van der Waals surface area contributed by atoms with E-state index < -0.39 is 90.4 Å². The molecule has 33 heavy (non-hydrogen) atoms. The van der Waals surface area contributed by atoms with E-state index >= 15 is 0 Å². The summed E-state index contributed by atoms with van der Waals surface area (Å²) in [6.07, 6.45) is -13.0. The largest absolute Gasteiger partial charge is 0.397 e. The Morgan fingerprint density at radius 2 is 1.79 bits per heavy atom. The number of rotatable bonds is 12. The monoisotopic (exact) mass is 504 g/mol. The lowest BCUT2D eigenvalue weighted by Crippen LogP contribution is -2.67. The van der Waals surface area contributed by atoms with Crippen LogP contribution < -0.4 is 10.6 Å². The van der Waals surface area contributed by atoms with Crippen molar-refractivity contribution in [3.8, 4) is 0 Å². The molecule has 0 saturated carbocycles. The van der Waals surface area contributed by atoms with E-state index in [2.05, 4.69) is 14.8 Å². The van der Waals surface area contributed by atoms with Crippen LogP contribution in [0.5, 0.6) is 0 Å². The molecule has 8 N–H and O–H groups in total. The van der Waals surface area contributed by atoms with E-state index in [0.717, 1.165) is 13.8 Å². The third-order valence-corrected chi connectivity index (χ3v) is 5.00. The van der Waals surface area contributed by atoms with Crippen molar-refractivity contribution in [1.82, 2.24) is 10.6 Å². The first kappa shape index (κ1) is 29.2. The number of carbonyl (C=O) groups is 3. The zero-order valence-corrected chi connectivity index (χ0v) is 18.4. The molecule has 0 aromatic rings. The van der Waals surface area contributed by atoms with E-state index in [-0.39, 0.29) is 6.29 Å². The second-order valence-electron chi connectivity index (χ2n) is 7.13. The Hall–Kier alpha value is -1.80. The average molecular weight is 504 g/mol. The van der Waals surface area contributed by atoms with Crippen LogP contribution in [0.25, 0.3) is 0 Å². The number of ether oxygens (including phenoxy) is 2. The van der Waals surface area contributed by atoms with Gasteiger partial charge in [-0.2, -0.15) is 8.42 Å². The number of aldehydes is 1.